The molecule has 0 aromatic heterocycles. The van der Waals surface area contributed by atoms with Crippen molar-refractivity contribution in [2.45, 2.75) is 37.8 Å². The summed E-state index contributed by atoms with van der Waals surface area (Å²) in [4.78, 5) is 38.8. The van der Waals surface area contributed by atoms with Crippen LogP contribution in [0.5, 0.6) is 0 Å². The van der Waals surface area contributed by atoms with E-state index in [9.17, 15) is 14.4 Å². The van der Waals surface area contributed by atoms with E-state index >= 15 is 0 Å². The highest BCUT2D eigenvalue weighted by Gasteiger charge is 2.51. The van der Waals surface area contributed by atoms with Gasteiger partial charge in [-0.1, -0.05) is 42.5 Å². The molecule has 0 radical (unpaired) electrons. The predicted octanol–water partition coefficient (Wildman–Crippen LogP) is 2.65. The largest absolute Gasteiger partial charge is 0.381 e. The number of ether oxygens (including phenoxy) is 1. The zero-order valence-electron chi connectivity index (χ0n) is 17.4. The Labute approximate surface area is 181 Å². The van der Waals surface area contributed by atoms with Crippen LogP contribution in [-0.4, -0.2) is 48.0 Å². The molecule has 0 atom stereocenters. The maximum absolute atomic E-state index is 12.8. The molecule has 4 rings (SSSR count). The van der Waals surface area contributed by atoms with E-state index in [-0.39, 0.29) is 24.4 Å². The number of hydrogen-bond acceptors (Lipinski definition) is 4. The van der Waals surface area contributed by atoms with Crippen molar-refractivity contribution in [1.29, 1.82) is 0 Å². The van der Waals surface area contributed by atoms with Gasteiger partial charge in [0.1, 0.15) is 5.54 Å². The SMILES string of the molecule is O=C(NCCCc1ccccc1)c1ccc(CN2C(=O)NC3(CCOCC3)C2=O)cc1. The van der Waals surface area contributed by atoms with Gasteiger partial charge in [0.25, 0.3) is 11.8 Å². The van der Waals surface area contributed by atoms with Crippen LogP contribution < -0.4 is 10.6 Å². The summed E-state index contributed by atoms with van der Waals surface area (Å²) < 4.78 is 5.33. The normalized spacial score (nSPS) is 17.6. The average molecular weight is 421 g/mol. The lowest BCUT2D eigenvalue weighted by atomic mass is 9.90. The Morgan fingerprint density at radius 2 is 1.71 bits per heavy atom. The first kappa shape index (κ1) is 21.1. The van der Waals surface area contributed by atoms with Crippen LogP contribution in [0.3, 0.4) is 0 Å². The minimum atomic E-state index is -0.824. The van der Waals surface area contributed by atoms with E-state index in [1.807, 2.05) is 18.2 Å². The summed E-state index contributed by atoms with van der Waals surface area (Å²) in [5, 5.41) is 5.79. The van der Waals surface area contributed by atoms with E-state index in [1.165, 1.54) is 10.5 Å². The molecule has 2 aliphatic rings. The minimum absolute atomic E-state index is 0.129. The van der Waals surface area contributed by atoms with E-state index < -0.39 is 5.54 Å². The molecular formula is C24H27N3O4. The van der Waals surface area contributed by atoms with Crippen molar-refractivity contribution in [2.75, 3.05) is 19.8 Å². The molecule has 2 aromatic rings. The van der Waals surface area contributed by atoms with Crippen LogP contribution >= 0.6 is 0 Å². The van der Waals surface area contributed by atoms with E-state index in [0.29, 0.717) is 38.2 Å². The molecule has 1 spiro atoms. The summed E-state index contributed by atoms with van der Waals surface area (Å²) in [5.41, 5.74) is 1.79. The summed E-state index contributed by atoms with van der Waals surface area (Å²) in [7, 11) is 0. The fourth-order valence-corrected chi connectivity index (χ4v) is 4.06. The van der Waals surface area contributed by atoms with Gasteiger partial charge in [0.05, 0.1) is 6.54 Å². The molecule has 7 nitrogen and oxygen atoms in total. The average Bonchev–Trinajstić information content (AvgIpc) is 3.02. The summed E-state index contributed by atoms with van der Waals surface area (Å²) in [6.07, 6.45) is 2.78. The molecule has 2 N–H and O–H groups in total. The predicted molar refractivity (Wildman–Crippen MR) is 115 cm³/mol. The highest BCUT2D eigenvalue weighted by Crippen LogP contribution is 2.29. The lowest BCUT2D eigenvalue weighted by molar-refractivity contribution is -0.134. The molecule has 4 amide bonds. The van der Waals surface area contributed by atoms with Crippen LogP contribution in [0, 0.1) is 0 Å². The maximum Gasteiger partial charge on any atom is 0.325 e. The number of hydrogen-bond donors (Lipinski definition) is 2. The third-order valence-electron chi connectivity index (χ3n) is 5.92. The summed E-state index contributed by atoms with van der Waals surface area (Å²) >= 11 is 0. The van der Waals surface area contributed by atoms with Crippen molar-refractivity contribution < 1.29 is 19.1 Å². The second kappa shape index (κ2) is 9.31. The topological polar surface area (TPSA) is 87.7 Å². The Kier molecular flexibility index (Phi) is 6.32. The Hall–Kier alpha value is -3.19. The van der Waals surface area contributed by atoms with Gasteiger partial charge < -0.3 is 15.4 Å². The molecule has 2 heterocycles. The molecule has 162 valence electrons. The number of carbonyl (C=O) groups is 3. The number of nitrogens with one attached hydrogen (secondary N) is 2. The number of imide groups is 1. The Bertz CT molecular complexity index is 937. The zero-order valence-corrected chi connectivity index (χ0v) is 17.4. The fourth-order valence-electron chi connectivity index (χ4n) is 4.06. The monoisotopic (exact) mass is 421 g/mol. The Morgan fingerprint density at radius 1 is 1.00 bits per heavy atom. The minimum Gasteiger partial charge on any atom is -0.381 e. The van der Waals surface area contributed by atoms with Gasteiger partial charge in [0.2, 0.25) is 0 Å². The summed E-state index contributed by atoms with van der Waals surface area (Å²) in [6.45, 7) is 1.72. The smallest absolute Gasteiger partial charge is 0.325 e. The molecule has 0 saturated carbocycles. The second-order valence-electron chi connectivity index (χ2n) is 8.06. The lowest BCUT2D eigenvalue weighted by Crippen LogP contribution is -2.51. The third kappa shape index (κ3) is 4.77. The van der Waals surface area contributed by atoms with Crippen LogP contribution in [-0.2, 0) is 22.5 Å². The maximum atomic E-state index is 12.8. The Balaban J connectivity index is 1.28. The first-order chi connectivity index (χ1) is 15.1. The van der Waals surface area contributed by atoms with Crippen molar-refractivity contribution in [3.8, 4) is 0 Å². The number of carbonyl (C=O) groups excluding carboxylic acids is 3. The highest BCUT2D eigenvalue weighted by atomic mass is 16.5. The molecular weight excluding hydrogens is 394 g/mol. The number of aryl methyl sites for hydroxylation is 1. The van der Waals surface area contributed by atoms with E-state index in [2.05, 4.69) is 22.8 Å². The van der Waals surface area contributed by atoms with Crippen LogP contribution in [0.15, 0.2) is 54.6 Å². The second-order valence-corrected chi connectivity index (χ2v) is 8.06. The van der Waals surface area contributed by atoms with Crippen molar-refractivity contribution >= 4 is 17.8 Å². The molecule has 2 aliphatic heterocycles. The first-order valence-corrected chi connectivity index (χ1v) is 10.7. The number of benzene rings is 2. The molecule has 2 fully saturated rings. The van der Waals surface area contributed by atoms with Crippen molar-refractivity contribution in [3.63, 3.8) is 0 Å². The van der Waals surface area contributed by atoms with Gasteiger partial charge in [-0.2, -0.15) is 0 Å². The van der Waals surface area contributed by atoms with Crippen LogP contribution in [0.2, 0.25) is 0 Å². The van der Waals surface area contributed by atoms with Crippen molar-refractivity contribution in [1.82, 2.24) is 15.5 Å². The van der Waals surface area contributed by atoms with Crippen molar-refractivity contribution in [2.24, 2.45) is 0 Å². The van der Waals surface area contributed by atoms with Crippen LogP contribution in [0.1, 0.15) is 40.7 Å². The van der Waals surface area contributed by atoms with Crippen LogP contribution in [0.4, 0.5) is 4.79 Å². The van der Waals surface area contributed by atoms with E-state index in [1.54, 1.807) is 24.3 Å². The van der Waals surface area contributed by atoms with Crippen LogP contribution in [0.25, 0.3) is 0 Å². The third-order valence-corrected chi connectivity index (χ3v) is 5.92. The number of amides is 4. The van der Waals surface area contributed by atoms with Gasteiger partial charge in [-0.05, 0) is 36.1 Å². The highest BCUT2D eigenvalue weighted by molar-refractivity contribution is 6.07. The zero-order chi connectivity index (χ0) is 21.7. The first-order valence-electron chi connectivity index (χ1n) is 10.7. The fraction of sp³-hybridized carbons (Fsp3) is 0.375. The van der Waals surface area contributed by atoms with Gasteiger partial charge in [0.15, 0.2) is 0 Å². The van der Waals surface area contributed by atoms with Crippen molar-refractivity contribution in [3.05, 3.63) is 71.3 Å². The molecule has 2 saturated heterocycles. The summed E-state index contributed by atoms with van der Waals surface area (Å²) in [6, 6.07) is 16.8. The van der Waals surface area contributed by atoms with Gasteiger partial charge >= 0.3 is 6.03 Å². The Morgan fingerprint density at radius 3 is 2.42 bits per heavy atom. The van der Waals surface area contributed by atoms with Gasteiger partial charge in [0, 0.05) is 38.2 Å². The quantitative estimate of drug-likeness (QED) is 0.532. The number of urea groups is 1. The lowest BCUT2D eigenvalue weighted by Gasteiger charge is -2.30. The molecule has 0 aliphatic carbocycles. The van der Waals surface area contributed by atoms with E-state index in [4.69, 9.17) is 4.74 Å². The molecule has 31 heavy (non-hydrogen) atoms. The number of nitrogens with zero attached hydrogens (tertiary/aromatic N) is 1. The molecule has 0 unspecified atom stereocenters. The molecule has 0 bridgehead atoms. The van der Waals surface area contributed by atoms with E-state index in [0.717, 1.165) is 18.4 Å². The summed E-state index contributed by atoms with van der Waals surface area (Å²) in [5.74, 6) is -0.322. The number of rotatable bonds is 7. The van der Waals surface area contributed by atoms with Gasteiger partial charge in [-0.3, -0.25) is 14.5 Å². The molecule has 7 heteroatoms. The van der Waals surface area contributed by atoms with Gasteiger partial charge in [-0.25, -0.2) is 4.79 Å². The standard InChI is InChI=1S/C24H27N3O4/c28-21(25-14-4-7-18-5-2-1-3-6-18)20-10-8-19(9-11-20)17-27-22(29)24(26-23(27)30)12-15-31-16-13-24/h1-3,5-6,8-11H,4,7,12-17H2,(H,25,28)(H,26,30). The van der Waals surface area contributed by atoms with Gasteiger partial charge in [-0.15, -0.1) is 0 Å². The molecule has 2 aromatic carbocycles.